The number of amides is 2. The topological polar surface area (TPSA) is 76.0 Å². The van der Waals surface area contributed by atoms with E-state index < -0.39 is 0 Å². The van der Waals surface area contributed by atoms with Gasteiger partial charge in [0, 0.05) is 18.4 Å². The number of hydrogen-bond acceptors (Lipinski definition) is 3. The summed E-state index contributed by atoms with van der Waals surface area (Å²) in [5, 5.41) is 9.37. The first-order chi connectivity index (χ1) is 8.54. The molecule has 2 amide bonds. The number of nitrogens with one attached hydrogen (secondary N) is 2. The summed E-state index contributed by atoms with van der Waals surface area (Å²) < 4.78 is 1.59. The SMILES string of the molecule is CC[C@H](C(=O)NCC(=O)NC(C)C)n1cccn1. The van der Waals surface area contributed by atoms with E-state index in [0.717, 1.165) is 0 Å². The van der Waals surface area contributed by atoms with Gasteiger partial charge in [-0.15, -0.1) is 0 Å². The largest absolute Gasteiger partial charge is 0.352 e. The normalized spacial score (nSPS) is 12.2. The maximum atomic E-state index is 11.9. The first-order valence-corrected chi connectivity index (χ1v) is 6.10. The van der Waals surface area contributed by atoms with Gasteiger partial charge in [-0.05, 0) is 26.3 Å². The van der Waals surface area contributed by atoms with Crippen LogP contribution < -0.4 is 10.6 Å². The van der Waals surface area contributed by atoms with Gasteiger partial charge >= 0.3 is 0 Å². The predicted octanol–water partition coefficient (Wildman–Crippen LogP) is 0.475. The first kappa shape index (κ1) is 14.2. The zero-order valence-electron chi connectivity index (χ0n) is 11.0. The highest BCUT2D eigenvalue weighted by Crippen LogP contribution is 2.08. The molecule has 6 heteroatoms. The van der Waals surface area contributed by atoms with Gasteiger partial charge in [0.05, 0.1) is 6.54 Å². The average molecular weight is 252 g/mol. The molecule has 1 aromatic heterocycles. The Balaban J connectivity index is 2.46. The lowest BCUT2D eigenvalue weighted by Crippen LogP contribution is -2.42. The number of nitrogens with zero attached hydrogens (tertiary/aromatic N) is 2. The molecule has 0 unspecified atom stereocenters. The van der Waals surface area contributed by atoms with E-state index in [4.69, 9.17) is 0 Å². The molecule has 1 rings (SSSR count). The van der Waals surface area contributed by atoms with Crippen LogP contribution in [0.15, 0.2) is 18.5 Å². The second kappa shape index (κ2) is 6.78. The monoisotopic (exact) mass is 252 g/mol. The van der Waals surface area contributed by atoms with E-state index in [-0.39, 0.29) is 30.4 Å². The number of hydrogen-bond donors (Lipinski definition) is 2. The Morgan fingerprint density at radius 1 is 1.39 bits per heavy atom. The fraction of sp³-hybridized carbons (Fsp3) is 0.583. The molecule has 1 aromatic rings. The molecule has 18 heavy (non-hydrogen) atoms. The van der Waals surface area contributed by atoms with Crippen LogP contribution in [0.3, 0.4) is 0 Å². The van der Waals surface area contributed by atoms with Crippen LogP contribution in [0.1, 0.15) is 33.2 Å². The van der Waals surface area contributed by atoms with Gasteiger partial charge in [-0.2, -0.15) is 5.10 Å². The van der Waals surface area contributed by atoms with Gasteiger partial charge in [0.2, 0.25) is 11.8 Å². The summed E-state index contributed by atoms with van der Waals surface area (Å²) in [6, 6.07) is 1.47. The molecule has 1 atom stereocenters. The molecule has 1 heterocycles. The smallest absolute Gasteiger partial charge is 0.245 e. The molecule has 0 aliphatic heterocycles. The van der Waals surface area contributed by atoms with Crippen molar-refractivity contribution in [2.45, 2.75) is 39.3 Å². The Morgan fingerprint density at radius 3 is 2.61 bits per heavy atom. The van der Waals surface area contributed by atoms with Crippen molar-refractivity contribution in [3.05, 3.63) is 18.5 Å². The molecule has 0 radical (unpaired) electrons. The van der Waals surface area contributed by atoms with Crippen molar-refractivity contribution in [2.24, 2.45) is 0 Å². The lowest BCUT2D eigenvalue weighted by Gasteiger charge is -2.15. The quantitative estimate of drug-likeness (QED) is 0.773. The summed E-state index contributed by atoms with van der Waals surface area (Å²) in [5.41, 5.74) is 0. The highest BCUT2D eigenvalue weighted by molar-refractivity contribution is 5.86. The lowest BCUT2D eigenvalue weighted by molar-refractivity contribution is -0.128. The van der Waals surface area contributed by atoms with Gasteiger partial charge in [-0.1, -0.05) is 6.92 Å². The zero-order chi connectivity index (χ0) is 13.5. The third kappa shape index (κ3) is 4.20. The second-order valence-corrected chi connectivity index (χ2v) is 4.35. The van der Waals surface area contributed by atoms with E-state index in [0.29, 0.717) is 6.42 Å². The fourth-order valence-corrected chi connectivity index (χ4v) is 1.62. The number of carbonyl (C=O) groups excluding carboxylic acids is 2. The van der Waals surface area contributed by atoms with Crippen LogP contribution in [0.5, 0.6) is 0 Å². The summed E-state index contributed by atoms with van der Waals surface area (Å²) in [4.78, 5) is 23.3. The lowest BCUT2D eigenvalue weighted by atomic mass is 10.2. The van der Waals surface area contributed by atoms with Gasteiger partial charge in [-0.3, -0.25) is 14.3 Å². The second-order valence-electron chi connectivity index (χ2n) is 4.35. The van der Waals surface area contributed by atoms with Gasteiger partial charge in [0.15, 0.2) is 0 Å². The van der Waals surface area contributed by atoms with E-state index in [2.05, 4.69) is 15.7 Å². The number of carbonyl (C=O) groups is 2. The van der Waals surface area contributed by atoms with Crippen LogP contribution >= 0.6 is 0 Å². The van der Waals surface area contributed by atoms with Crippen LogP contribution in [0.25, 0.3) is 0 Å². The van der Waals surface area contributed by atoms with Crippen molar-refractivity contribution in [2.75, 3.05) is 6.54 Å². The van der Waals surface area contributed by atoms with Crippen LogP contribution in [-0.4, -0.2) is 34.2 Å². The fourth-order valence-electron chi connectivity index (χ4n) is 1.62. The molecule has 0 saturated carbocycles. The molecular formula is C12H20N4O2. The van der Waals surface area contributed by atoms with Crippen molar-refractivity contribution in [3.8, 4) is 0 Å². The Morgan fingerprint density at radius 2 is 2.11 bits per heavy atom. The van der Waals surface area contributed by atoms with Gasteiger partial charge in [-0.25, -0.2) is 0 Å². The summed E-state index contributed by atoms with van der Waals surface area (Å²) in [6.45, 7) is 5.64. The molecule has 0 bridgehead atoms. The van der Waals surface area contributed by atoms with Crippen LogP contribution in [0.4, 0.5) is 0 Å². The van der Waals surface area contributed by atoms with Gasteiger partial charge in [0.25, 0.3) is 0 Å². The standard InChI is InChI=1S/C12H20N4O2/c1-4-10(16-7-5-6-14-16)12(18)13-8-11(17)15-9(2)3/h5-7,9-10H,4,8H2,1-3H3,(H,13,18)(H,15,17)/t10-/m1/s1. The van der Waals surface area contributed by atoms with Gasteiger partial charge in [0.1, 0.15) is 6.04 Å². The molecule has 2 N–H and O–H groups in total. The molecule has 0 fully saturated rings. The minimum absolute atomic E-state index is 0.00518. The van der Waals surface area contributed by atoms with Gasteiger partial charge < -0.3 is 10.6 Å². The average Bonchev–Trinajstić information content (AvgIpc) is 2.80. The number of aromatic nitrogens is 2. The minimum Gasteiger partial charge on any atom is -0.352 e. The van der Waals surface area contributed by atoms with Crippen molar-refractivity contribution >= 4 is 11.8 Å². The molecule has 0 aliphatic rings. The molecule has 100 valence electrons. The molecular weight excluding hydrogens is 232 g/mol. The number of rotatable bonds is 6. The van der Waals surface area contributed by atoms with Crippen molar-refractivity contribution < 1.29 is 9.59 Å². The molecule has 6 nitrogen and oxygen atoms in total. The minimum atomic E-state index is -0.369. The summed E-state index contributed by atoms with van der Waals surface area (Å²) in [6.07, 6.45) is 3.99. The maximum absolute atomic E-state index is 11.9. The Kier molecular flexibility index (Phi) is 5.35. The highest BCUT2D eigenvalue weighted by atomic mass is 16.2. The Bertz CT molecular complexity index is 387. The third-order valence-corrected chi connectivity index (χ3v) is 2.41. The molecule has 0 aromatic carbocycles. The van der Waals surface area contributed by atoms with Crippen LogP contribution in [0.2, 0.25) is 0 Å². The predicted molar refractivity (Wildman–Crippen MR) is 67.8 cm³/mol. The van der Waals surface area contributed by atoms with E-state index in [1.807, 2.05) is 20.8 Å². The van der Waals surface area contributed by atoms with Crippen molar-refractivity contribution in [1.82, 2.24) is 20.4 Å². The maximum Gasteiger partial charge on any atom is 0.245 e. The third-order valence-electron chi connectivity index (χ3n) is 2.41. The molecule has 0 spiro atoms. The van der Waals surface area contributed by atoms with E-state index in [1.54, 1.807) is 23.1 Å². The first-order valence-electron chi connectivity index (χ1n) is 6.10. The van der Waals surface area contributed by atoms with Crippen molar-refractivity contribution in [3.63, 3.8) is 0 Å². The summed E-state index contributed by atoms with van der Waals surface area (Å²) in [7, 11) is 0. The molecule has 0 aliphatic carbocycles. The summed E-state index contributed by atoms with van der Waals surface area (Å²) in [5.74, 6) is -0.381. The van der Waals surface area contributed by atoms with E-state index in [9.17, 15) is 9.59 Å². The van der Waals surface area contributed by atoms with Crippen LogP contribution in [0, 0.1) is 0 Å². The van der Waals surface area contributed by atoms with E-state index >= 15 is 0 Å². The zero-order valence-corrected chi connectivity index (χ0v) is 11.0. The summed E-state index contributed by atoms with van der Waals surface area (Å²) >= 11 is 0. The highest BCUT2D eigenvalue weighted by Gasteiger charge is 2.18. The van der Waals surface area contributed by atoms with Crippen molar-refractivity contribution in [1.29, 1.82) is 0 Å². The van der Waals surface area contributed by atoms with Crippen LogP contribution in [-0.2, 0) is 9.59 Å². The Hall–Kier alpha value is -1.85. The Labute approximate surface area is 107 Å². The van der Waals surface area contributed by atoms with E-state index in [1.165, 1.54) is 0 Å². The molecule has 0 saturated heterocycles.